The van der Waals surface area contributed by atoms with Crippen molar-refractivity contribution in [2.45, 2.75) is 58.0 Å². The third kappa shape index (κ3) is 3.27. The predicted molar refractivity (Wildman–Crippen MR) is 81.3 cm³/mol. The van der Waals surface area contributed by atoms with Gasteiger partial charge in [-0.3, -0.25) is 0 Å². The molecule has 0 saturated heterocycles. The van der Waals surface area contributed by atoms with Crippen molar-refractivity contribution in [3.8, 4) is 0 Å². The standard InChI is InChI=1S/C16H27N3/c1-4-13-7-9-14(10-8-13)19(3)16-15(12(2)17)6-5-11-18-16/h5-6,11-14H,4,7-10,17H2,1-3H3. The molecule has 106 valence electrons. The summed E-state index contributed by atoms with van der Waals surface area (Å²) >= 11 is 0. The van der Waals surface area contributed by atoms with Gasteiger partial charge in [-0.2, -0.15) is 0 Å². The van der Waals surface area contributed by atoms with E-state index in [-0.39, 0.29) is 6.04 Å². The van der Waals surface area contributed by atoms with Crippen LogP contribution in [0.25, 0.3) is 0 Å². The lowest BCUT2D eigenvalue weighted by Crippen LogP contribution is -2.36. The quantitative estimate of drug-likeness (QED) is 0.902. The molecule has 0 amide bonds. The van der Waals surface area contributed by atoms with Crippen molar-refractivity contribution in [3.63, 3.8) is 0 Å². The number of anilines is 1. The SMILES string of the molecule is CCC1CCC(N(C)c2ncccc2C(C)N)CC1. The molecular weight excluding hydrogens is 234 g/mol. The van der Waals surface area contributed by atoms with Crippen molar-refractivity contribution in [1.29, 1.82) is 0 Å². The van der Waals surface area contributed by atoms with E-state index in [2.05, 4.69) is 29.9 Å². The number of hydrogen-bond acceptors (Lipinski definition) is 3. The van der Waals surface area contributed by atoms with Crippen LogP contribution in [-0.2, 0) is 0 Å². The van der Waals surface area contributed by atoms with Gasteiger partial charge in [0.15, 0.2) is 0 Å². The smallest absolute Gasteiger partial charge is 0.133 e. The molecule has 2 N–H and O–H groups in total. The Labute approximate surface area is 117 Å². The first-order valence-electron chi connectivity index (χ1n) is 7.56. The molecule has 3 heteroatoms. The molecule has 19 heavy (non-hydrogen) atoms. The predicted octanol–water partition coefficient (Wildman–Crippen LogP) is 3.51. The Hall–Kier alpha value is -1.09. The van der Waals surface area contributed by atoms with Crippen LogP contribution in [0.15, 0.2) is 18.3 Å². The second-order valence-electron chi connectivity index (χ2n) is 5.90. The van der Waals surface area contributed by atoms with Gasteiger partial charge in [-0.1, -0.05) is 19.4 Å². The molecule has 1 aromatic rings. The lowest BCUT2D eigenvalue weighted by molar-refractivity contribution is 0.312. The van der Waals surface area contributed by atoms with Crippen molar-refractivity contribution in [2.24, 2.45) is 11.7 Å². The number of pyridine rings is 1. The van der Waals surface area contributed by atoms with E-state index in [1.807, 2.05) is 19.2 Å². The minimum absolute atomic E-state index is 0.0399. The molecule has 0 aliphatic heterocycles. The third-order valence-corrected chi connectivity index (χ3v) is 4.58. The number of hydrogen-bond donors (Lipinski definition) is 1. The fourth-order valence-electron chi connectivity index (χ4n) is 3.17. The maximum Gasteiger partial charge on any atom is 0.133 e. The highest BCUT2D eigenvalue weighted by Gasteiger charge is 2.25. The van der Waals surface area contributed by atoms with Crippen LogP contribution in [0.2, 0.25) is 0 Å². The minimum atomic E-state index is 0.0399. The number of nitrogens with two attached hydrogens (primary N) is 1. The summed E-state index contributed by atoms with van der Waals surface area (Å²) in [5, 5.41) is 0. The van der Waals surface area contributed by atoms with E-state index in [1.54, 1.807) is 0 Å². The summed E-state index contributed by atoms with van der Waals surface area (Å²) in [5.41, 5.74) is 7.21. The first-order valence-corrected chi connectivity index (χ1v) is 7.56. The van der Waals surface area contributed by atoms with Gasteiger partial charge in [-0.05, 0) is 44.6 Å². The van der Waals surface area contributed by atoms with Gasteiger partial charge in [-0.15, -0.1) is 0 Å². The average Bonchev–Trinajstić information content (AvgIpc) is 2.46. The Balaban J connectivity index is 2.10. The Kier molecular flexibility index (Phi) is 4.81. The summed E-state index contributed by atoms with van der Waals surface area (Å²) in [5.74, 6) is 2.00. The zero-order valence-electron chi connectivity index (χ0n) is 12.5. The van der Waals surface area contributed by atoms with Crippen LogP contribution in [0.4, 0.5) is 5.82 Å². The molecule has 0 aromatic carbocycles. The fraction of sp³-hybridized carbons (Fsp3) is 0.688. The summed E-state index contributed by atoms with van der Waals surface area (Å²) in [7, 11) is 2.17. The van der Waals surface area contributed by atoms with Crippen molar-refractivity contribution >= 4 is 5.82 Å². The van der Waals surface area contributed by atoms with Crippen LogP contribution in [0.3, 0.4) is 0 Å². The molecule has 1 saturated carbocycles. The Morgan fingerprint density at radius 3 is 2.63 bits per heavy atom. The van der Waals surface area contributed by atoms with E-state index >= 15 is 0 Å². The molecule has 1 unspecified atom stereocenters. The molecule has 0 bridgehead atoms. The van der Waals surface area contributed by atoms with E-state index in [0.717, 1.165) is 17.3 Å². The third-order valence-electron chi connectivity index (χ3n) is 4.58. The van der Waals surface area contributed by atoms with Gasteiger partial charge >= 0.3 is 0 Å². The number of aromatic nitrogens is 1. The largest absolute Gasteiger partial charge is 0.356 e. The lowest BCUT2D eigenvalue weighted by Gasteiger charge is -2.36. The first-order chi connectivity index (χ1) is 9.13. The highest BCUT2D eigenvalue weighted by Crippen LogP contribution is 2.32. The molecule has 0 radical (unpaired) electrons. The second kappa shape index (κ2) is 6.38. The molecular formula is C16H27N3. The molecule has 1 heterocycles. The second-order valence-corrected chi connectivity index (χ2v) is 5.90. The van der Waals surface area contributed by atoms with Gasteiger partial charge in [0.05, 0.1) is 0 Å². The zero-order valence-corrected chi connectivity index (χ0v) is 12.5. The van der Waals surface area contributed by atoms with Gasteiger partial charge < -0.3 is 10.6 Å². The lowest BCUT2D eigenvalue weighted by atomic mass is 9.84. The first kappa shape index (κ1) is 14.3. The van der Waals surface area contributed by atoms with Crippen LogP contribution in [0.1, 0.15) is 57.6 Å². The summed E-state index contributed by atoms with van der Waals surface area (Å²) in [6.45, 7) is 4.34. The summed E-state index contributed by atoms with van der Waals surface area (Å²) in [4.78, 5) is 6.91. The fourth-order valence-corrected chi connectivity index (χ4v) is 3.17. The molecule has 1 aliphatic carbocycles. The maximum atomic E-state index is 6.06. The molecule has 0 spiro atoms. The molecule has 1 aliphatic rings. The highest BCUT2D eigenvalue weighted by atomic mass is 15.2. The van der Waals surface area contributed by atoms with Crippen LogP contribution in [0, 0.1) is 5.92 Å². The highest BCUT2D eigenvalue weighted by molar-refractivity contribution is 5.48. The van der Waals surface area contributed by atoms with Crippen LogP contribution in [0.5, 0.6) is 0 Å². The van der Waals surface area contributed by atoms with E-state index in [4.69, 9.17) is 5.73 Å². The molecule has 1 fully saturated rings. The van der Waals surface area contributed by atoms with Gasteiger partial charge in [0.25, 0.3) is 0 Å². The van der Waals surface area contributed by atoms with E-state index < -0.39 is 0 Å². The van der Waals surface area contributed by atoms with Crippen LogP contribution in [-0.4, -0.2) is 18.1 Å². The monoisotopic (exact) mass is 261 g/mol. The summed E-state index contributed by atoms with van der Waals surface area (Å²) in [6.07, 6.45) is 8.46. The van der Waals surface area contributed by atoms with Gasteiger partial charge in [0, 0.05) is 30.9 Å². The summed E-state index contributed by atoms with van der Waals surface area (Å²) < 4.78 is 0. The normalized spacial score (nSPS) is 25.1. The van der Waals surface area contributed by atoms with Crippen molar-refractivity contribution < 1.29 is 0 Å². The Morgan fingerprint density at radius 2 is 2.05 bits per heavy atom. The Bertz CT molecular complexity index is 395. The van der Waals surface area contributed by atoms with Crippen LogP contribution >= 0.6 is 0 Å². The van der Waals surface area contributed by atoms with Crippen molar-refractivity contribution in [3.05, 3.63) is 23.9 Å². The molecule has 3 nitrogen and oxygen atoms in total. The number of nitrogens with zero attached hydrogens (tertiary/aromatic N) is 2. The molecule has 2 rings (SSSR count). The Morgan fingerprint density at radius 1 is 1.37 bits per heavy atom. The van der Waals surface area contributed by atoms with Crippen LogP contribution < -0.4 is 10.6 Å². The van der Waals surface area contributed by atoms with Gasteiger partial charge in [0.1, 0.15) is 5.82 Å². The molecule has 1 atom stereocenters. The van der Waals surface area contributed by atoms with Crippen molar-refractivity contribution in [2.75, 3.05) is 11.9 Å². The minimum Gasteiger partial charge on any atom is -0.356 e. The average molecular weight is 261 g/mol. The van der Waals surface area contributed by atoms with E-state index in [1.165, 1.54) is 32.1 Å². The molecule has 1 aromatic heterocycles. The van der Waals surface area contributed by atoms with Gasteiger partial charge in [-0.25, -0.2) is 4.98 Å². The zero-order chi connectivity index (χ0) is 13.8. The topological polar surface area (TPSA) is 42.2 Å². The van der Waals surface area contributed by atoms with E-state index in [9.17, 15) is 0 Å². The maximum absolute atomic E-state index is 6.06. The number of rotatable bonds is 4. The summed E-state index contributed by atoms with van der Waals surface area (Å²) in [6, 6.07) is 4.74. The van der Waals surface area contributed by atoms with Gasteiger partial charge in [0.2, 0.25) is 0 Å². The van der Waals surface area contributed by atoms with E-state index in [0.29, 0.717) is 6.04 Å². The van der Waals surface area contributed by atoms with Crippen molar-refractivity contribution in [1.82, 2.24) is 4.98 Å².